The van der Waals surface area contributed by atoms with Crippen LogP contribution < -0.4 is 5.32 Å². The van der Waals surface area contributed by atoms with E-state index >= 15 is 0 Å². The molecule has 4 nitrogen and oxygen atoms in total. The highest BCUT2D eigenvalue weighted by Gasteiger charge is 2.11. The Kier molecular flexibility index (Phi) is 4.26. The number of hydrogen-bond acceptors (Lipinski definition) is 3. The summed E-state index contributed by atoms with van der Waals surface area (Å²) in [7, 11) is 0. The van der Waals surface area contributed by atoms with Crippen LogP contribution in [-0.4, -0.2) is 11.1 Å². The van der Waals surface area contributed by atoms with Crippen molar-refractivity contribution in [2.24, 2.45) is 0 Å². The van der Waals surface area contributed by atoms with Gasteiger partial charge in [0.05, 0.1) is 0 Å². The summed E-state index contributed by atoms with van der Waals surface area (Å²) in [5.41, 5.74) is 6.12. The van der Waals surface area contributed by atoms with Crippen LogP contribution in [0.4, 0.5) is 5.69 Å². The van der Waals surface area contributed by atoms with Gasteiger partial charge in [-0.3, -0.25) is 4.79 Å². The molecular formula is C17H20N2O2. The molecule has 0 atom stereocenters. The number of carbonyl (C=O) groups is 1. The van der Waals surface area contributed by atoms with Gasteiger partial charge in [-0.05, 0) is 50.5 Å². The van der Waals surface area contributed by atoms with Gasteiger partial charge in [0.25, 0.3) is 0 Å². The average Bonchev–Trinajstić information content (AvgIpc) is 2.69. The van der Waals surface area contributed by atoms with E-state index < -0.39 is 0 Å². The van der Waals surface area contributed by atoms with Crippen molar-refractivity contribution in [2.75, 3.05) is 5.32 Å². The van der Waals surface area contributed by atoms with Gasteiger partial charge in [-0.15, -0.1) is 0 Å². The first-order chi connectivity index (χ1) is 9.88. The molecule has 2 rings (SSSR count). The second-order valence-corrected chi connectivity index (χ2v) is 5.33. The first kappa shape index (κ1) is 15.0. The van der Waals surface area contributed by atoms with Crippen molar-refractivity contribution in [1.29, 1.82) is 0 Å². The lowest BCUT2D eigenvalue weighted by molar-refractivity contribution is -0.114. The number of aromatic nitrogens is 1. The number of nitrogens with zero attached hydrogens (tertiary/aromatic N) is 1. The monoisotopic (exact) mass is 284 g/mol. The number of benzene rings is 1. The van der Waals surface area contributed by atoms with Crippen LogP contribution in [0.5, 0.6) is 0 Å². The maximum atomic E-state index is 11.2. The van der Waals surface area contributed by atoms with E-state index in [0.717, 1.165) is 5.56 Å². The summed E-state index contributed by atoms with van der Waals surface area (Å²) in [6.07, 6.45) is 3.84. The lowest BCUT2D eigenvalue weighted by Gasteiger charge is -2.07. The Morgan fingerprint density at radius 1 is 1.14 bits per heavy atom. The van der Waals surface area contributed by atoms with Gasteiger partial charge in [0, 0.05) is 6.92 Å². The first-order valence-electron chi connectivity index (χ1n) is 6.88. The maximum absolute atomic E-state index is 11.2. The standard InChI is InChI=1S/C17H20N2O2/c1-10-8-11(2)15(12(3)9-10)6-7-16-17(18-14(5)20)13(4)19-21-16/h6-9H,1-5H3,(H,18,20)/b7-6+. The second-order valence-electron chi connectivity index (χ2n) is 5.33. The highest BCUT2D eigenvalue weighted by atomic mass is 16.5. The molecule has 0 saturated heterocycles. The molecule has 2 aromatic rings. The number of anilines is 1. The predicted octanol–water partition coefficient (Wildman–Crippen LogP) is 4.04. The van der Waals surface area contributed by atoms with Gasteiger partial charge in [0.1, 0.15) is 11.4 Å². The first-order valence-corrected chi connectivity index (χ1v) is 6.88. The van der Waals surface area contributed by atoms with Crippen LogP contribution in [0.1, 0.15) is 40.6 Å². The Hall–Kier alpha value is -2.36. The number of amides is 1. The van der Waals surface area contributed by atoms with Gasteiger partial charge < -0.3 is 9.84 Å². The third-order valence-electron chi connectivity index (χ3n) is 3.33. The van der Waals surface area contributed by atoms with Crippen LogP contribution in [0.2, 0.25) is 0 Å². The zero-order valence-corrected chi connectivity index (χ0v) is 13.1. The highest BCUT2D eigenvalue weighted by molar-refractivity contribution is 5.92. The Morgan fingerprint density at radius 2 is 1.76 bits per heavy atom. The molecule has 0 saturated carbocycles. The van der Waals surface area contributed by atoms with Gasteiger partial charge in [-0.25, -0.2) is 0 Å². The topological polar surface area (TPSA) is 55.1 Å². The Bertz CT molecular complexity index is 689. The van der Waals surface area contributed by atoms with Crippen LogP contribution in [0.15, 0.2) is 16.7 Å². The quantitative estimate of drug-likeness (QED) is 0.925. The summed E-state index contributed by atoms with van der Waals surface area (Å²) in [5.74, 6) is 0.417. The van der Waals surface area contributed by atoms with Crippen LogP contribution in [0, 0.1) is 27.7 Å². The van der Waals surface area contributed by atoms with Crippen molar-refractivity contribution in [3.8, 4) is 0 Å². The van der Waals surface area contributed by atoms with Crippen LogP contribution in [0.3, 0.4) is 0 Å². The minimum atomic E-state index is -0.140. The van der Waals surface area contributed by atoms with Crippen LogP contribution in [0.25, 0.3) is 12.2 Å². The summed E-state index contributed by atoms with van der Waals surface area (Å²) in [5, 5.41) is 6.65. The van der Waals surface area contributed by atoms with E-state index in [0.29, 0.717) is 17.1 Å². The van der Waals surface area contributed by atoms with Gasteiger partial charge >= 0.3 is 0 Å². The molecule has 0 aliphatic carbocycles. The molecule has 1 N–H and O–H groups in total. The third-order valence-corrected chi connectivity index (χ3v) is 3.33. The van der Waals surface area contributed by atoms with Gasteiger partial charge in [-0.1, -0.05) is 28.9 Å². The third kappa shape index (κ3) is 3.40. The van der Waals surface area contributed by atoms with E-state index in [2.05, 4.69) is 43.4 Å². The molecule has 0 spiro atoms. The Balaban J connectivity index is 2.37. The minimum Gasteiger partial charge on any atom is -0.354 e. The molecule has 1 amide bonds. The van der Waals surface area contributed by atoms with Gasteiger partial charge in [0.2, 0.25) is 5.91 Å². The average molecular weight is 284 g/mol. The van der Waals surface area contributed by atoms with Gasteiger partial charge in [0.15, 0.2) is 5.76 Å². The van der Waals surface area contributed by atoms with Crippen molar-refractivity contribution < 1.29 is 9.32 Å². The molecule has 0 bridgehead atoms. The number of rotatable bonds is 3. The number of carbonyl (C=O) groups excluding carboxylic acids is 1. The number of nitrogens with one attached hydrogen (secondary N) is 1. The zero-order valence-electron chi connectivity index (χ0n) is 13.1. The van der Waals surface area contributed by atoms with E-state index in [4.69, 9.17) is 4.52 Å². The summed E-state index contributed by atoms with van der Waals surface area (Å²) in [6, 6.07) is 4.29. The maximum Gasteiger partial charge on any atom is 0.221 e. The molecule has 0 unspecified atom stereocenters. The Morgan fingerprint density at radius 3 is 2.33 bits per heavy atom. The fourth-order valence-electron chi connectivity index (χ4n) is 2.44. The van der Waals surface area contributed by atoms with Crippen molar-refractivity contribution in [2.45, 2.75) is 34.6 Å². The predicted molar refractivity (Wildman–Crippen MR) is 85.1 cm³/mol. The highest BCUT2D eigenvalue weighted by Crippen LogP contribution is 2.24. The molecular weight excluding hydrogens is 264 g/mol. The summed E-state index contributed by atoms with van der Waals surface area (Å²) in [6.45, 7) is 9.52. The summed E-state index contributed by atoms with van der Waals surface area (Å²) in [4.78, 5) is 11.2. The van der Waals surface area contributed by atoms with Crippen LogP contribution >= 0.6 is 0 Å². The van der Waals surface area contributed by atoms with E-state index in [-0.39, 0.29) is 5.91 Å². The van der Waals surface area contributed by atoms with Crippen molar-refractivity contribution in [3.05, 3.63) is 45.8 Å². The Labute approximate surface area is 124 Å². The SMILES string of the molecule is CC(=O)Nc1c(C)noc1/C=C/c1c(C)cc(C)cc1C. The van der Waals surface area contributed by atoms with Crippen molar-refractivity contribution in [1.82, 2.24) is 5.16 Å². The minimum absolute atomic E-state index is 0.140. The van der Waals surface area contributed by atoms with E-state index in [1.165, 1.54) is 23.6 Å². The van der Waals surface area contributed by atoms with Gasteiger partial charge in [-0.2, -0.15) is 0 Å². The lowest BCUT2D eigenvalue weighted by Crippen LogP contribution is -2.06. The van der Waals surface area contributed by atoms with E-state index in [9.17, 15) is 4.79 Å². The van der Waals surface area contributed by atoms with Crippen molar-refractivity contribution in [3.63, 3.8) is 0 Å². The fourth-order valence-corrected chi connectivity index (χ4v) is 2.44. The smallest absolute Gasteiger partial charge is 0.221 e. The molecule has 1 aromatic heterocycles. The van der Waals surface area contributed by atoms with Crippen molar-refractivity contribution >= 4 is 23.7 Å². The van der Waals surface area contributed by atoms with E-state index in [1.807, 2.05) is 12.2 Å². The molecule has 1 aromatic carbocycles. The number of hydrogen-bond donors (Lipinski definition) is 1. The molecule has 110 valence electrons. The molecule has 1 heterocycles. The summed E-state index contributed by atoms with van der Waals surface area (Å²) >= 11 is 0. The van der Waals surface area contributed by atoms with Crippen LogP contribution in [-0.2, 0) is 4.79 Å². The molecule has 0 radical (unpaired) electrons. The normalized spacial score (nSPS) is 11.1. The molecule has 0 fully saturated rings. The molecule has 0 aliphatic rings. The molecule has 4 heteroatoms. The zero-order chi connectivity index (χ0) is 15.6. The summed E-state index contributed by atoms with van der Waals surface area (Å²) < 4.78 is 5.27. The molecule has 0 aliphatic heterocycles. The second kappa shape index (κ2) is 5.95. The largest absolute Gasteiger partial charge is 0.354 e. The fraction of sp³-hybridized carbons (Fsp3) is 0.294. The number of aryl methyl sites for hydroxylation is 4. The lowest BCUT2D eigenvalue weighted by atomic mass is 9.99. The molecule has 21 heavy (non-hydrogen) atoms. The van der Waals surface area contributed by atoms with E-state index in [1.54, 1.807) is 6.92 Å².